The van der Waals surface area contributed by atoms with Crippen LogP contribution in [0.1, 0.15) is 0 Å². The van der Waals surface area contributed by atoms with Gasteiger partial charge >= 0.3 is 0 Å². The quantitative estimate of drug-likeness (QED) is 0.461. The van der Waals surface area contributed by atoms with Gasteiger partial charge in [-0.2, -0.15) is 4.99 Å². The second kappa shape index (κ2) is 7.82. The van der Waals surface area contributed by atoms with Gasteiger partial charge < -0.3 is 18.9 Å². The molecule has 7 heteroatoms. The van der Waals surface area contributed by atoms with Gasteiger partial charge in [0.1, 0.15) is 22.9 Å². The smallest absolute Gasteiger partial charge is 0.162 e. The number of methoxy groups -OCH3 is 3. The summed E-state index contributed by atoms with van der Waals surface area (Å²) in [5.74, 6) is 2.96. The fourth-order valence-corrected chi connectivity index (χ4v) is 2.62. The van der Waals surface area contributed by atoms with Crippen LogP contribution in [0.25, 0.3) is 10.9 Å². The molecule has 0 aliphatic rings. The Morgan fingerprint density at radius 2 is 1.62 bits per heavy atom. The van der Waals surface area contributed by atoms with Gasteiger partial charge in [-0.3, -0.25) is 4.98 Å². The molecule has 0 bridgehead atoms. The summed E-state index contributed by atoms with van der Waals surface area (Å²) in [5.41, 5.74) is 1.31. The molecule has 0 saturated heterocycles. The number of aliphatic imine (C=N–C) groups is 1. The van der Waals surface area contributed by atoms with Crippen LogP contribution in [-0.2, 0) is 0 Å². The molecule has 0 fully saturated rings. The van der Waals surface area contributed by atoms with Crippen LogP contribution in [0.4, 0.5) is 5.69 Å². The number of rotatable bonds is 6. The highest BCUT2D eigenvalue weighted by Crippen LogP contribution is 2.38. The molecule has 132 valence electrons. The Morgan fingerprint density at radius 3 is 2.31 bits per heavy atom. The average Bonchev–Trinajstić information content (AvgIpc) is 2.68. The molecule has 0 unspecified atom stereocenters. The summed E-state index contributed by atoms with van der Waals surface area (Å²) in [5, 5.41) is 3.13. The number of pyridine rings is 1. The zero-order valence-electron chi connectivity index (χ0n) is 14.5. The van der Waals surface area contributed by atoms with Crippen LogP contribution < -0.4 is 18.9 Å². The van der Waals surface area contributed by atoms with Crippen LogP contribution in [0.2, 0.25) is 0 Å². The lowest BCUT2D eigenvalue weighted by Crippen LogP contribution is -1.93. The van der Waals surface area contributed by atoms with E-state index in [4.69, 9.17) is 18.9 Å². The van der Waals surface area contributed by atoms with E-state index in [0.717, 1.165) is 10.9 Å². The molecule has 2 aromatic carbocycles. The van der Waals surface area contributed by atoms with Crippen LogP contribution in [0.3, 0.4) is 0 Å². The van der Waals surface area contributed by atoms with E-state index >= 15 is 0 Å². The van der Waals surface area contributed by atoms with E-state index < -0.39 is 0 Å². The summed E-state index contributed by atoms with van der Waals surface area (Å²) in [4.78, 5) is 8.33. The highest BCUT2D eigenvalue weighted by molar-refractivity contribution is 7.78. The summed E-state index contributed by atoms with van der Waals surface area (Å²) in [6, 6.07) is 10.7. The van der Waals surface area contributed by atoms with Gasteiger partial charge in [0.05, 0.1) is 32.0 Å². The molecule has 6 nitrogen and oxygen atoms in total. The first-order valence-electron chi connectivity index (χ1n) is 7.64. The van der Waals surface area contributed by atoms with E-state index in [2.05, 4.69) is 27.4 Å². The predicted molar refractivity (Wildman–Crippen MR) is 103 cm³/mol. The van der Waals surface area contributed by atoms with E-state index in [1.54, 1.807) is 57.9 Å². The van der Waals surface area contributed by atoms with Crippen LogP contribution >= 0.6 is 12.2 Å². The molecule has 0 spiro atoms. The molecule has 26 heavy (non-hydrogen) atoms. The second-order valence-electron chi connectivity index (χ2n) is 5.17. The Kier molecular flexibility index (Phi) is 5.31. The second-order valence-corrected chi connectivity index (χ2v) is 5.35. The lowest BCUT2D eigenvalue weighted by molar-refractivity contribution is 0.355. The van der Waals surface area contributed by atoms with E-state index in [-0.39, 0.29) is 0 Å². The average molecular weight is 368 g/mol. The number of fused-ring (bicyclic) bond motifs is 1. The molecule has 0 aliphatic heterocycles. The number of thiocarbonyl (C=S) groups is 1. The molecular formula is C19H16N2O4S. The first-order chi connectivity index (χ1) is 12.7. The Morgan fingerprint density at radius 1 is 0.885 bits per heavy atom. The molecule has 0 aliphatic carbocycles. The molecule has 0 atom stereocenters. The zero-order valence-corrected chi connectivity index (χ0v) is 15.3. The topological polar surface area (TPSA) is 62.2 Å². The minimum absolute atomic E-state index is 0.539. The van der Waals surface area contributed by atoms with E-state index in [0.29, 0.717) is 34.4 Å². The van der Waals surface area contributed by atoms with Crippen molar-refractivity contribution in [2.24, 2.45) is 4.99 Å². The fourth-order valence-electron chi connectivity index (χ4n) is 2.53. The third-order valence-electron chi connectivity index (χ3n) is 3.75. The van der Waals surface area contributed by atoms with Crippen molar-refractivity contribution in [2.75, 3.05) is 21.3 Å². The lowest BCUT2D eigenvalue weighted by Gasteiger charge is -2.13. The normalized spacial score (nSPS) is 10.1. The minimum Gasteiger partial charge on any atom is -0.494 e. The molecule has 0 N–H and O–H groups in total. The van der Waals surface area contributed by atoms with Crippen LogP contribution in [-0.4, -0.2) is 31.5 Å². The summed E-state index contributed by atoms with van der Waals surface area (Å²) in [6.07, 6.45) is 1.67. The predicted octanol–water partition coefficient (Wildman–Crippen LogP) is 4.79. The summed E-state index contributed by atoms with van der Waals surface area (Å²) >= 11 is 4.64. The van der Waals surface area contributed by atoms with Crippen molar-refractivity contribution < 1.29 is 18.9 Å². The van der Waals surface area contributed by atoms with Crippen molar-refractivity contribution in [3.63, 3.8) is 0 Å². The first-order valence-corrected chi connectivity index (χ1v) is 8.05. The SMILES string of the molecule is COc1cc(Oc2ccnc3cc(OC)c(OC)cc23)ccc1N=C=S. The van der Waals surface area contributed by atoms with Crippen LogP contribution in [0, 0.1) is 0 Å². The molecular weight excluding hydrogens is 352 g/mol. The van der Waals surface area contributed by atoms with Crippen molar-refractivity contribution in [3.05, 3.63) is 42.6 Å². The number of aromatic nitrogens is 1. The summed E-state index contributed by atoms with van der Waals surface area (Å²) < 4.78 is 22.1. The van der Waals surface area contributed by atoms with Gasteiger partial charge in [-0.05, 0) is 36.5 Å². The minimum atomic E-state index is 0.539. The summed E-state index contributed by atoms with van der Waals surface area (Å²) in [6.45, 7) is 0. The van der Waals surface area contributed by atoms with Gasteiger partial charge in [-0.1, -0.05) is 0 Å². The number of hydrogen-bond acceptors (Lipinski definition) is 7. The van der Waals surface area contributed by atoms with Gasteiger partial charge in [0.15, 0.2) is 11.5 Å². The highest BCUT2D eigenvalue weighted by atomic mass is 32.1. The van der Waals surface area contributed by atoms with Crippen molar-refractivity contribution in [3.8, 4) is 28.7 Å². The molecule has 3 rings (SSSR count). The zero-order chi connectivity index (χ0) is 18.5. The maximum Gasteiger partial charge on any atom is 0.162 e. The van der Waals surface area contributed by atoms with Crippen LogP contribution in [0.5, 0.6) is 28.7 Å². The highest BCUT2D eigenvalue weighted by Gasteiger charge is 2.12. The molecule has 1 heterocycles. The standard InChI is InChI=1S/C19H16N2O4S/c1-22-17-8-12(4-5-14(17)21-11-26)25-16-6-7-20-15-10-19(24-3)18(23-2)9-13(15)16/h4-10H,1-3H3. The lowest BCUT2D eigenvalue weighted by atomic mass is 10.2. The molecule has 0 radical (unpaired) electrons. The third-order valence-corrected chi connectivity index (χ3v) is 3.84. The van der Waals surface area contributed by atoms with E-state index in [1.165, 1.54) is 0 Å². The number of ether oxygens (including phenoxy) is 4. The van der Waals surface area contributed by atoms with Gasteiger partial charge in [0.2, 0.25) is 0 Å². The van der Waals surface area contributed by atoms with Gasteiger partial charge in [0.25, 0.3) is 0 Å². The number of nitrogens with zero attached hydrogens (tertiary/aromatic N) is 2. The molecule has 0 saturated carbocycles. The number of hydrogen-bond donors (Lipinski definition) is 0. The maximum absolute atomic E-state index is 6.04. The van der Waals surface area contributed by atoms with E-state index in [9.17, 15) is 0 Å². The van der Waals surface area contributed by atoms with Gasteiger partial charge in [0, 0.05) is 23.7 Å². The first kappa shape index (κ1) is 17.7. The Balaban J connectivity index is 2.05. The van der Waals surface area contributed by atoms with Crippen LogP contribution in [0.15, 0.2) is 47.6 Å². The maximum atomic E-state index is 6.04. The molecule has 3 aromatic rings. The van der Waals surface area contributed by atoms with Gasteiger partial charge in [-0.15, -0.1) is 0 Å². The largest absolute Gasteiger partial charge is 0.494 e. The Labute approximate surface area is 156 Å². The number of benzene rings is 2. The molecule has 0 amide bonds. The molecule has 1 aromatic heterocycles. The van der Waals surface area contributed by atoms with Gasteiger partial charge in [-0.25, -0.2) is 0 Å². The Bertz CT molecular complexity index is 1000. The van der Waals surface area contributed by atoms with Crippen molar-refractivity contribution in [1.82, 2.24) is 4.98 Å². The fraction of sp³-hybridized carbons (Fsp3) is 0.158. The van der Waals surface area contributed by atoms with Crippen molar-refractivity contribution in [1.29, 1.82) is 0 Å². The third kappa shape index (κ3) is 3.44. The Hall–Kier alpha value is -3.15. The van der Waals surface area contributed by atoms with E-state index in [1.807, 2.05) is 6.07 Å². The van der Waals surface area contributed by atoms with Crippen molar-refractivity contribution >= 4 is 34.0 Å². The monoisotopic (exact) mass is 368 g/mol. The number of isothiocyanates is 1. The summed E-state index contributed by atoms with van der Waals surface area (Å²) in [7, 11) is 4.72. The van der Waals surface area contributed by atoms with Crippen molar-refractivity contribution in [2.45, 2.75) is 0 Å².